The first-order valence-electron chi connectivity index (χ1n) is 8.72. The van der Waals surface area contributed by atoms with Gasteiger partial charge in [0.1, 0.15) is 5.01 Å². The van der Waals surface area contributed by atoms with Crippen LogP contribution < -0.4 is 10.2 Å². The number of carbonyl (C=O) groups excluding carboxylic acids is 2. The molecule has 1 aromatic carbocycles. The molecule has 26 heavy (non-hydrogen) atoms. The number of nitrogens with one attached hydrogen (secondary N) is 1. The molecule has 2 heterocycles. The van der Waals surface area contributed by atoms with Crippen molar-refractivity contribution in [2.24, 2.45) is 5.41 Å². The van der Waals surface area contributed by atoms with Gasteiger partial charge in [0.15, 0.2) is 0 Å². The average Bonchev–Trinajstić information content (AvgIpc) is 3.12. The maximum Gasteiger partial charge on any atom is 0.227 e. The Morgan fingerprint density at radius 1 is 1.31 bits per heavy atom. The zero-order valence-corrected chi connectivity index (χ0v) is 16.4. The van der Waals surface area contributed by atoms with Gasteiger partial charge in [-0.1, -0.05) is 50.3 Å². The number of hydrogen-bond donors (Lipinski definition) is 1. The number of aryl methyl sites for hydroxylation is 1. The molecule has 7 heteroatoms. The van der Waals surface area contributed by atoms with Crippen LogP contribution in [-0.2, 0) is 9.59 Å². The number of nitrogens with zero attached hydrogens (tertiary/aromatic N) is 3. The second-order valence-electron chi connectivity index (χ2n) is 7.92. The van der Waals surface area contributed by atoms with Crippen molar-refractivity contribution >= 4 is 34.0 Å². The Morgan fingerprint density at radius 3 is 2.73 bits per heavy atom. The third-order valence-electron chi connectivity index (χ3n) is 4.26. The minimum Gasteiger partial charge on any atom is -0.311 e. The smallest absolute Gasteiger partial charge is 0.227 e. The number of anilines is 2. The number of para-hydroxylation sites is 1. The predicted octanol–water partition coefficient (Wildman–Crippen LogP) is 3.74. The third kappa shape index (κ3) is 4.27. The van der Waals surface area contributed by atoms with E-state index < -0.39 is 0 Å². The lowest BCUT2D eigenvalue weighted by Crippen LogP contribution is -2.25. The Kier molecular flexibility index (Phi) is 5.09. The fraction of sp³-hybridized carbons (Fsp3) is 0.474. The Morgan fingerprint density at radius 2 is 2.04 bits per heavy atom. The summed E-state index contributed by atoms with van der Waals surface area (Å²) in [6.07, 6.45) is 0.837. The molecule has 1 aliphatic heterocycles. The SMILES string of the molecule is Cc1ccccc1N1C[C@H](c2nnc(NC(=O)CC(C)(C)C)s2)CC1=O. The lowest BCUT2D eigenvalue weighted by atomic mass is 9.92. The summed E-state index contributed by atoms with van der Waals surface area (Å²) in [6.45, 7) is 8.64. The highest BCUT2D eigenvalue weighted by Gasteiger charge is 2.34. The molecule has 2 aromatic rings. The van der Waals surface area contributed by atoms with E-state index in [2.05, 4.69) is 15.5 Å². The number of hydrogen-bond acceptors (Lipinski definition) is 5. The standard InChI is InChI=1S/C19H24N4O2S/c1-12-7-5-6-8-14(12)23-11-13(9-16(23)25)17-21-22-18(26-17)20-15(24)10-19(2,3)4/h5-8,13H,9-11H2,1-4H3,(H,20,22,24)/t13-/m1/s1. The first kappa shape index (κ1) is 18.5. The monoisotopic (exact) mass is 372 g/mol. The van der Waals surface area contributed by atoms with Crippen molar-refractivity contribution < 1.29 is 9.59 Å². The van der Waals surface area contributed by atoms with Crippen LogP contribution >= 0.6 is 11.3 Å². The summed E-state index contributed by atoms with van der Waals surface area (Å²) >= 11 is 1.35. The van der Waals surface area contributed by atoms with Crippen LogP contribution in [0.3, 0.4) is 0 Å². The molecule has 0 radical (unpaired) electrons. The van der Waals surface area contributed by atoms with Crippen molar-refractivity contribution in [2.75, 3.05) is 16.8 Å². The van der Waals surface area contributed by atoms with E-state index in [1.165, 1.54) is 11.3 Å². The van der Waals surface area contributed by atoms with Gasteiger partial charge >= 0.3 is 0 Å². The Bertz CT molecular complexity index is 825. The summed E-state index contributed by atoms with van der Waals surface area (Å²) in [7, 11) is 0. The number of carbonyl (C=O) groups is 2. The second kappa shape index (κ2) is 7.15. The largest absolute Gasteiger partial charge is 0.311 e. The lowest BCUT2D eigenvalue weighted by molar-refractivity contribution is -0.118. The van der Waals surface area contributed by atoms with E-state index in [1.807, 2.05) is 56.9 Å². The summed E-state index contributed by atoms with van der Waals surface area (Å²) in [5.74, 6) is 0.0370. The lowest BCUT2D eigenvalue weighted by Gasteiger charge is -2.18. The van der Waals surface area contributed by atoms with E-state index in [0.29, 0.717) is 24.5 Å². The highest BCUT2D eigenvalue weighted by atomic mass is 32.1. The molecule has 0 unspecified atom stereocenters. The van der Waals surface area contributed by atoms with Crippen molar-refractivity contribution in [1.29, 1.82) is 0 Å². The number of aromatic nitrogens is 2. The van der Waals surface area contributed by atoms with Crippen molar-refractivity contribution in [3.8, 4) is 0 Å². The van der Waals surface area contributed by atoms with Crippen molar-refractivity contribution in [3.05, 3.63) is 34.8 Å². The van der Waals surface area contributed by atoms with E-state index in [4.69, 9.17) is 0 Å². The first-order chi connectivity index (χ1) is 12.2. The van der Waals surface area contributed by atoms with E-state index in [0.717, 1.165) is 16.3 Å². The number of benzene rings is 1. The molecule has 0 saturated carbocycles. The molecule has 1 atom stereocenters. The van der Waals surface area contributed by atoms with Crippen LogP contribution in [0.5, 0.6) is 0 Å². The third-order valence-corrected chi connectivity index (χ3v) is 5.26. The molecule has 2 amide bonds. The van der Waals surface area contributed by atoms with Crippen LogP contribution in [0.15, 0.2) is 24.3 Å². The maximum absolute atomic E-state index is 12.5. The van der Waals surface area contributed by atoms with Crippen LogP contribution in [0.4, 0.5) is 10.8 Å². The van der Waals surface area contributed by atoms with Crippen LogP contribution in [0.1, 0.15) is 50.1 Å². The van der Waals surface area contributed by atoms with Gasteiger partial charge in [0.2, 0.25) is 16.9 Å². The zero-order valence-electron chi connectivity index (χ0n) is 15.6. The van der Waals surface area contributed by atoms with E-state index >= 15 is 0 Å². The summed E-state index contributed by atoms with van der Waals surface area (Å²) in [4.78, 5) is 26.3. The number of rotatable bonds is 4. The molecule has 1 fully saturated rings. The van der Waals surface area contributed by atoms with Gasteiger partial charge < -0.3 is 10.2 Å². The normalized spacial score (nSPS) is 17.6. The van der Waals surface area contributed by atoms with Crippen LogP contribution in [-0.4, -0.2) is 28.6 Å². The number of amides is 2. The highest BCUT2D eigenvalue weighted by molar-refractivity contribution is 7.15. The summed E-state index contributed by atoms with van der Waals surface area (Å²) in [6, 6.07) is 7.88. The maximum atomic E-state index is 12.5. The van der Waals surface area contributed by atoms with Gasteiger partial charge in [-0.15, -0.1) is 10.2 Å². The van der Waals surface area contributed by atoms with Gasteiger partial charge in [-0.05, 0) is 24.0 Å². The molecule has 1 N–H and O–H groups in total. The molecule has 0 aliphatic carbocycles. The zero-order chi connectivity index (χ0) is 18.9. The average molecular weight is 372 g/mol. The predicted molar refractivity (Wildman–Crippen MR) is 104 cm³/mol. The van der Waals surface area contributed by atoms with Gasteiger partial charge in [-0.3, -0.25) is 9.59 Å². The minimum absolute atomic E-state index is 0.00729. The summed E-state index contributed by atoms with van der Waals surface area (Å²) in [5, 5.41) is 12.4. The second-order valence-corrected chi connectivity index (χ2v) is 8.93. The fourth-order valence-corrected chi connectivity index (χ4v) is 3.92. The van der Waals surface area contributed by atoms with Gasteiger partial charge in [0.05, 0.1) is 0 Å². The van der Waals surface area contributed by atoms with Crippen LogP contribution in [0, 0.1) is 12.3 Å². The fourth-order valence-electron chi connectivity index (χ4n) is 3.07. The van der Waals surface area contributed by atoms with Crippen molar-refractivity contribution in [3.63, 3.8) is 0 Å². The van der Waals surface area contributed by atoms with E-state index in [9.17, 15) is 9.59 Å². The van der Waals surface area contributed by atoms with Crippen molar-refractivity contribution in [2.45, 2.75) is 46.5 Å². The Balaban J connectivity index is 1.68. The molecule has 1 aliphatic rings. The molecule has 0 bridgehead atoms. The molecule has 6 nitrogen and oxygen atoms in total. The Labute approximate surface area is 157 Å². The van der Waals surface area contributed by atoms with Crippen molar-refractivity contribution in [1.82, 2.24) is 10.2 Å². The van der Waals surface area contributed by atoms with Gasteiger partial charge in [-0.25, -0.2) is 0 Å². The van der Waals surface area contributed by atoms with E-state index in [-0.39, 0.29) is 23.1 Å². The molecule has 1 saturated heterocycles. The summed E-state index contributed by atoms with van der Waals surface area (Å²) in [5.41, 5.74) is 1.95. The van der Waals surface area contributed by atoms with Gasteiger partial charge in [0, 0.05) is 31.0 Å². The molecular weight excluding hydrogens is 348 g/mol. The van der Waals surface area contributed by atoms with Gasteiger partial charge in [0.25, 0.3) is 0 Å². The molecule has 138 valence electrons. The van der Waals surface area contributed by atoms with E-state index in [1.54, 1.807) is 0 Å². The quantitative estimate of drug-likeness (QED) is 0.887. The van der Waals surface area contributed by atoms with Crippen LogP contribution in [0.2, 0.25) is 0 Å². The summed E-state index contributed by atoms with van der Waals surface area (Å²) < 4.78 is 0. The first-order valence-corrected chi connectivity index (χ1v) is 9.54. The highest BCUT2D eigenvalue weighted by Crippen LogP contribution is 2.35. The van der Waals surface area contributed by atoms with Crippen LogP contribution in [0.25, 0.3) is 0 Å². The molecule has 1 aromatic heterocycles. The molecule has 0 spiro atoms. The molecule has 3 rings (SSSR count). The Hall–Kier alpha value is -2.28. The topological polar surface area (TPSA) is 75.2 Å². The molecular formula is C19H24N4O2S. The minimum atomic E-state index is -0.0798. The van der Waals surface area contributed by atoms with Gasteiger partial charge in [-0.2, -0.15) is 0 Å².